The summed E-state index contributed by atoms with van der Waals surface area (Å²) < 4.78 is 0. The van der Waals surface area contributed by atoms with Crippen LogP contribution in [0.2, 0.25) is 0 Å². The van der Waals surface area contributed by atoms with E-state index in [2.05, 4.69) is 31.0 Å². The van der Waals surface area contributed by atoms with E-state index in [-0.39, 0.29) is 0 Å². The Hall–Kier alpha value is -2.03. The van der Waals surface area contributed by atoms with Gasteiger partial charge in [0.25, 0.3) is 0 Å². The van der Waals surface area contributed by atoms with Crippen molar-refractivity contribution in [3.8, 4) is 0 Å². The molecule has 106 valence electrons. The van der Waals surface area contributed by atoms with Crippen LogP contribution < -0.4 is 10.2 Å². The van der Waals surface area contributed by atoms with Crippen molar-refractivity contribution in [2.45, 2.75) is 32.1 Å². The molecule has 1 aliphatic rings. The predicted octanol–water partition coefficient (Wildman–Crippen LogP) is 3.34. The molecule has 0 aliphatic heterocycles. The molecule has 0 bridgehead atoms. The van der Waals surface area contributed by atoms with E-state index in [9.17, 15) is 4.79 Å². The lowest BCUT2D eigenvalue weighted by molar-refractivity contribution is -0.107. The van der Waals surface area contributed by atoms with Gasteiger partial charge in [0.15, 0.2) is 0 Å². The third-order valence-corrected chi connectivity index (χ3v) is 3.91. The summed E-state index contributed by atoms with van der Waals surface area (Å²) in [5.41, 5.74) is 5.10. The van der Waals surface area contributed by atoms with E-state index in [1.807, 2.05) is 12.3 Å². The molecule has 2 rings (SSSR count). The van der Waals surface area contributed by atoms with Gasteiger partial charge >= 0.3 is 0 Å². The van der Waals surface area contributed by atoms with Crippen molar-refractivity contribution in [3.05, 3.63) is 53.9 Å². The Bertz CT molecular complexity index is 534. The topological polar surface area (TPSA) is 32.3 Å². The molecule has 1 unspecified atom stereocenters. The van der Waals surface area contributed by atoms with Crippen LogP contribution in [0.4, 0.5) is 5.69 Å². The number of nitrogens with zero attached hydrogens (tertiary/aromatic N) is 1. The number of anilines is 1. The number of amides is 1. The fourth-order valence-corrected chi connectivity index (χ4v) is 2.82. The summed E-state index contributed by atoms with van der Waals surface area (Å²) in [6.45, 7) is 5.78. The molecule has 1 atom stereocenters. The Morgan fingerprint density at radius 3 is 3.05 bits per heavy atom. The number of hydrogen-bond donors (Lipinski definition) is 1. The third-order valence-electron chi connectivity index (χ3n) is 3.91. The summed E-state index contributed by atoms with van der Waals surface area (Å²) >= 11 is 0. The van der Waals surface area contributed by atoms with Crippen LogP contribution in [0.3, 0.4) is 0 Å². The summed E-state index contributed by atoms with van der Waals surface area (Å²) in [6.07, 6.45) is 7.90. The van der Waals surface area contributed by atoms with Crippen molar-refractivity contribution < 1.29 is 4.79 Å². The zero-order chi connectivity index (χ0) is 14.5. The van der Waals surface area contributed by atoms with Crippen LogP contribution >= 0.6 is 0 Å². The molecule has 0 saturated carbocycles. The molecule has 1 aromatic rings. The highest BCUT2D eigenvalue weighted by Crippen LogP contribution is 2.38. The van der Waals surface area contributed by atoms with Crippen LogP contribution in [-0.4, -0.2) is 13.5 Å². The molecule has 0 heterocycles. The van der Waals surface area contributed by atoms with Crippen LogP contribution in [0.1, 0.15) is 36.8 Å². The smallest absolute Gasteiger partial charge is 0.213 e. The maximum absolute atomic E-state index is 10.9. The van der Waals surface area contributed by atoms with Gasteiger partial charge in [-0.05, 0) is 67.8 Å². The first kappa shape index (κ1) is 14.4. The van der Waals surface area contributed by atoms with Crippen LogP contribution in [0.5, 0.6) is 0 Å². The number of hydrogen-bond acceptors (Lipinski definition) is 2. The van der Waals surface area contributed by atoms with E-state index < -0.39 is 0 Å². The minimum absolute atomic E-state index is 0.549. The maximum atomic E-state index is 10.9. The van der Waals surface area contributed by atoms with E-state index in [0.717, 1.165) is 24.9 Å². The molecule has 1 amide bonds. The van der Waals surface area contributed by atoms with Gasteiger partial charge in [0, 0.05) is 12.7 Å². The molecule has 1 aromatic carbocycles. The van der Waals surface area contributed by atoms with Gasteiger partial charge in [-0.25, -0.2) is 0 Å². The van der Waals surface area contributed by atoms with Crippen molar-refractivity contribution in [2.75, 3.05) is 11.9 Å². The molecule has 3 heteroatoms. The maximum Gasteiger partial charge on any atom is 0.213 e. The van der Waals surface area contributed by atoms with Crippen LogP contribution in [0, 0.1) is 0 Å². The second-order valence-electron chi connectivity index (χ2n) is 5.40. The molecule has 0 fully saturated rings. The number of carbonyl (C=O) groups excluding carboxylic acids is 1. The molecule has 0 saturated heterocycles. The Morgan fingerprint density at radius 1 is 1.55 bits per heavy atom. The fourth-order valence-electron chi connectivity index (χ4n) is 2.82. The van der Waals surface area contributed by atoms with Crippen LogP contribution in [0.25, 0.3) is 0 Å². The summed E-state index contributed by atoms with van der Waals surface area (Å²) in [5.74, 6) is 0.549. The Labute approximate surface area is 121 Å². The zero-order valence-corrected chi connectivity index (χ0v) is 12.2. The summed E-state index contributed by atoms with van der Waals surface area (Å²) in [5, 5.41) is 3.03. The highest BCUT2D eigenvalue weighted by molar-refractivity contribution is 5.74. The number of rotatable bonds is 6. The average molecular weight is 270 g/mol. The first-order valence-electron chi connectivity index (χ1n) is 6.99. The van der Waals surface area contributed by atoms with Crippen molar-refractivity contribution >= 4 is 12.1 Å². The number of nitrogens with one attached hydrogen (secondary N) is 1. The molecule has 1 N–H and O–H groups in total. The highest BCUT2D eigenvalue weighted by Gasteiger charge is 2.23. The standard InChI is InChI=1S/C17H22N2O/c1-4-18-11-13(2)9-15-6-5-14-7-8-16(10-17(14)15)19(3)12-20/h4,7-8,10-12,15,18H,1,5-6,9H2,2-3H3/b13-11+. The van der Waals surface area contributed by atoms with Gasteiger partial charge in [-0.2, -0.15) is 0 Å². The minimum Gasteiger partial charge on any atom is -0.368 e. The van der Waals surface area contributed by atoms with E-state index in [1.165, 1.54) is 23.1 Å². The van der Waals surface area contributed by atoms with E-state index >= 15 is 0 Å². The zero-order valence-electron chi connectivity index (χ0n) is 12.2. The van der Waals surface area contributed by atoms with Gasteiger partial charge in [0.1, 0.15) is 0 Å². The lowest BCUT2D eigenvalue weighted by Gasteiger charge is -2.16. The predicted molar refractivity (Wildman–Crippen MR) is 83.7 cm³/mol. The molecule has 20 heavy (non-hydrogen) atoms. The minimum atomic E-state index is 0.549. The number of fused-ring (bicyclic) bond motifs is 1. The molecule has 3 nitrogen and oxygen atoms in total. The Balaban J connectivity index is 2.18. The normalized spacial score (nSPS) is 17.5. The molecule has 0 aromatic heterocycles. The fraction of sp³-hybridized carbons (Fsp3) is 0.353. The van der Waals surface area contributed by atoms with Gasteiger partial charge in [0.2, 0.25) is 6.41 Å². The monoisotopic (exact) mass is 270 g/mol. The lowest BCUT2D eigenvalue weighted by Crippen LogP contribution is -2.14. The first-order chi connectivity index (χ1) is 9.65. The summed E-state index contributed by atoms with van der Waals surface area (Å²) in [4.78, 5) is 12.5. The second kappa shape index (κ2) is 6.42. The third kappa shape index (κ3) is 3.10. The number of aryl methyl sites for hydroxylation is 1. The molecule has 0 radical (unpaired) electrons. The van der Waals surface area contributed by atoms with Crippen molar-refractivity contribution in [1.82, 2.24) is 5.32 Å². The number of benzene rings is 1. The van der Waals surface area contributed by atoms with Crippen molar-refractivity contribution in [2.24, 2.45) is 0 Å². The largest absolute Gasteiger partial charge is 0.368 e. The molecule has 1 aliphatic carbocycles. The van der Waals surface area contributed by atoms with Gasteiger partial charge < -0.3 is 10.2 Å². The average Bonchev–Trinajstić information content (AvgIpc) is 2.86. The Morgan fingerprint density at radius 2 is 2.35 bits per heavy atom. The van der Waals surface area contributed by atoms with Gasteiger partial charge in [-0.1, -0.05) is 18.2 Å². The second-order valence-corrected chi connectivity index (χ2v) is 5.40. The van der Waals surface area contributed by atoms with Crippen LogP contribution in [0.15, 0.2) is 42.8 Å². The first-order valence-corrected chi connectivity index (χ1v) is 6.99. The van der Waals surface area contributed by atoms with Crippen LogP contribution in [-0.2, 0) is 11.2 Å². The quantitative estimate of drug-likeness (QED) is 0.804. The van der Waals surface area contributed by atoms with Crippen molar-refractivity contribution in [3.63, 3.8) is 0 Å². The van der Waals surface area contributed by atoms with Gasteiger partial charge in [0.05, 0.1) is 0 Å². The summed E-state index contributed by atoms with van der Waals surface area (Å²) in [7, 11) is 1.79. The molecule has 0 spiro atoms. The number of carbonyl (C=O) groups is 1. The van der Waals surface area contributed by atoms with E-state index in [4.69, 9.17) is 0 Å². The SMILES string of the molecule is C=CN/C=C(\C)CC1CCc2ccc(N(C)C=O)cc21. The molecular formula is C17H22N2O. The lowest BCUT2D eigenvalue weighted by atomic mass is 9.94. The van der Waals surface area contributed by atoms with E-state index in [1.54, 1.807) is 18.1 Å². The van der Waals surface area contributed by atoms with Gasteiger partial charge in [-0.3, -0.25) is 4.79 Å². The molecular weight excluding hydrogens is 248 g/mol. The van der Waals surface area contributed by atoms with Gasteiger partial charge in [-0.15, -0.1) is 0 Å². The van der Waals surface area contributed by atoms with Crippen molar-refractivity contribution in [1.29, 1.82) is 0 Å². The number of allylic oxidation sites excluding steroid dienone is 1. The Kier molecular flexibility index (Phi) is 4.61. The highest BCUT2D eigenvalue weighted by atomic mass is 16.1. The summed E-state index contributed by atoms with van der Waals surface area (Å²) in [6, 6.07) is 6.35. The van der Waals surface area contributed by atoms with E-state index in [0.29, 0.717) is 5.92 Å².